The van der Waals surface area contributed by atoms with Gasteiger partial charge in [0.05, 0.1) is 6.04 Å². The van der Waals surface area contributed by atoms with E-state index in [0.717, 1.165) is 20.8 Å². The summed E-state index contributed by atoms with van der Waals surface area (Å²) < 4.78 is 6.66. The predicted octanol–water partition coefficient (Wildman–Crippen LogP) is 4.86. The highest BCUT2D eigenvalue weighted by Crippen LogP contribution is 2.24. The van der Waals surface area contributed by atoms with Gasteiger partial charge < -0.3 is 10.1 Å². The first-order valence-corrected chi connectivity index (χ1v) is 8.57. The fourth-order valence-corrected chi connectivity index (χ4v) is 2.92. The van der Waals surface area contributed by atoms with Crippen molar-refractivity contribution in [1.29, 1.82) is 0 Å². The fraction of sp³-hybridized carbons (Fsp3) is 0.150. The molecule has 1 amide bonds. The number of hydrogen-bond donors (Lipinski definition) is 1. The number of rotatable bonds is 5. The molecule has 3 aromatic rings. The topological polar surface area (TPSA) is 38.3 Å². The second kappa shape index (κ2) is 7.49. The molecule has 0 aliphatic carbocycles. The van der Waals surface area contributed by atoms with Gasteiger partial charge in [0.15, 0.2) is 6.61 Å². The van der Waals surface area contributed by atoms with Crippen LogP contribution in [-0.2, 0) is 4.79 Å². The maximum Gasteiger partial charge on any atom is 0.258 e. The number of nitrogens with one attached hydrogen (secondary N) is 1. The minimum atomic E-state index is -0.137. The first-order chi connectivity index (χ1) is 11.6. The summed E-state index contributed by atoms with van der Waals surface area (Å²) in [4.78, 5) is 12.1. The third-order valence-corrected chi connectivity index (χ3v) is 4.31. The normalized spacial score (nSPS) is 11.9. The Morgan fingerprint density at radius 1 is 1.04 bits per heavy atom. The van der Waals surface area contributed by atoms with Crippen LogP contribution in [0.15, 0.2) is 71.2 Å². The van der Waals surface area contributed by atoms with Gasteiger partial charge in [-0.1, -0.05) is 58.4 Å². The number of ether oxygens (including phenoxy) is 1. The summed E-state index contributed by atoms with van der Waals surface area (Å²) in [5.74, 6) is 0.551. The van der Waals surface area contributed by atoms with Crippen LogP contribution in [0.1, 0.15) is 18.5 Å². The summed E-state index contributed by atoms with van der Waals surface area (Å²) in [6.45, 7) is 1.96. The van der Waals surface area contributed by atoms with Crippen molar-refractivity contribution in [2.75, 3.05) is 6.61 Å². The Morgan fingerprint density at radius 3 is 2.54 bits per heavy atom. The number of hydrogen-bond acceptors (Lipinski definition) is 2. The van der Waals surface area contributed by atoms with E-state index in [9.17, 15) is 4.79 Å². The zero-order valence-corrected chi connectivity index (χ0v) is 14.9. The summed E-state index contributed by atoms with van der Waals surface area (Å²) in [7, 11) is 0. The minimum absolute atomic E-state index is 0.000785. The van der Waals surface area contributed by atoms with E-state index in [-0.39, 0.29) is 18.6 Å². The highest BCUT2D eigenvalue weighted by atomic mass is 79.9. The largest absolute Gasteiger partial charge is 0.484 e. The Hall–Kier alpha value is -2.33. The van der Waals surface area contributed by atoms with Crippen molar-refractivity contribution in [3.8, 4) is 5.75 Å². The molecule has 122 valence electrons. The summed E-state index contributed by atoms with van der Waals surface area (Å²) in [5, 5.41) is 5.14. The summed E-state index contributed by atoms with van der Waals surface area (Å²) in [6, 6.07) is 21.7. The third kappa shape index (κ3) is 4.15. The van der Waals surface area contributed by atoms with E-state index >= 15 is 0 Å². The Labute approximate surface area is 149 Å². The van der Waals surface area contributed by atoms with Crippen molar-refractivity contribution in [3.63, 3.8) is 0 Å². The molecule has 4 heteroatoms. The molecule has 0 spiro atoms. The van der Waals surface area contributed by atoms with E-state index in [1.54, 1.807) is 0 Å². The average Bonchev–Trinajstić information content (AvgIpc) is 2.60. The number of benzene rings is 3. The van der Waals surface area contributed by atoms with Crippen molar-refractivity contribution in [3.05, 3.63) is 76.8 Å². The standard InChI is InChI=1S/C20H18BrNO2/c1-14(15-5-3-2-4-6-15)22-20(23)13-24-19-10-8-16-11-18(21)9-7-17(16)12-19/h2-12,14H,13H2,1H3,(H,22,23)/t14-/m0/s1. The van der Waals surface area contributed by atoms with Crippen molar-refractivity contribution >= 4 is 32.6 Å². The molecule has 0 bridgehead atoms. The zero-order valence-electron chi connectivity index (χ0n) is 13.3. The molecular formula is C20H18BrNO2. The van der Waals surface area contributed by atoms with Crippen molar-refractivity contribution in [2.24, 2.45) is 0 Å². The molecule has 3 nitrogen and oxygen atoms in total. The molecule has 0 heterocycles. The van der Waals surface area contributed by atoms with Crippen LogP contribution in [0.3, 0.4) is 0 Å². The van der Waals surface area contributed by atoms with E-state index in [1.165, 1.54) is 0 Å². The number of fused-ring (bicyclic) bond motifs is 1. The number of carbonyl (C=O) groups excluding carboxylic acids is 1. The number of amides is 1. The Kier molecular flexibility index (Phi) is 5.16. The molecule has 0 radical (unpaired) electrons. The van der Waals surface area contributed by atoms with Crippen LogP contribution in [0.2, 0.25) is 0 Å². The van der Waals surface area contributed by atoms with Crippen molar-refractivity contribution in [1.82, 2.24) is 5.32 Å². The lowest BCUT2D eigenvalue weighted by Crippen LogP contribution is -2.31. The summed E-state index contributed by atoms with van der Waals surface area (Å²) >= 11 is 3.46. The van der Waals surface area contributed by atoms with Crippen LogP contribution in [0.5, 0.6) is 5.75 Å². The molecule has 0 unspecified atom stereocenters. The highest BCUT2D eigenvalue weighted by molar-refractivity contribution is 9.10. The predicted molar refractivity (Wildman–Crippen MR) is 100 cm³/mol. The molecule has 24 heavy (non-hydrogen) atoms. The molecule has 1 atom stereocenters. The van der Waals surface area contributed by atoms with Crippen LogP contribution >= 0.6 is 15.9 Å². The van der Waals surface area contributed by atoms with Gasteiger partial charge in [-0.15, -0.1) is 0 Å². The lowest BCUT2D eigenvalue weighted by Gasteiger charge is -2.14. The summed E-state index contributed by atoms with van der Waals surface area (Å²) in [6.07, 6.45) is 0. The quantitative estimate of drug-likeness (QED) is 0.683. The van der Waals surface area contributed by atoms with Gasteiger partial charge in [0, 0.05) is 4.47 Å². The SMILES string of the molecule is C[C@H](NC(=O)COc1ccc2cc(Br)ccc2c1)c1ccccc1. The highest BCUT2D eigenvalue weighted by Gasteiger charge is 2.10. The minimum Gasteiger partial charge on any atom is -0.484 e. The fourth-order valence-electron chi connectivity index (χ4n) is 2.54. The molecule has 0 aliphatic rings. The Morgan fingerprint density at radius 2 is 1.75 bits per heavy atom. The van der Waals surface area contributed by atoms with Gasteiger partial charge in [0.2, 0.25) is 0 Å². The second-order valence-corrected chi connectivity index (χ2v) is 6.56. The molecular weight excluding hydrogens is 366 g/mol. The summed E-state index contributed by atoms with van der Waals surface area (Å²) in [5.41, 5.74) is 1.07. The molecule has 0 aromatic heterocycles. The Balaban J connectivity index is 1.59. The van der Waals surface area contributed by atoms with E-state index in [1.807, 2.05) is 73.7 Å². The molecule has 0 saturated carbocycles. The van der Waals surface area contributed by atoms with E-state index in [0.29, 0.717) is 5.75 Å². The monoisotopic (exact) mass is 383 g/mol. The first kappa shape index (κ1) is 16.5. The van der Waals surface area contributed by atoms with Crippen LogP contribution in [0.25, 0.3) is 10.8 Å². The maximum atomic E-state index is 12.1. The van der Waals surface area contributed by atoms with Crippen LogP contribution in [0.4, 0.5) is 0 Å². The van der Waals surface area contributed by atoms with Crippen molar-refractivity contribution < 1.29 is 9.53 Å². The molecule has 0 fully saturated rings. The van der Waals surface area contributed by atoms with Gasteiger partial charge >= 0.3 is 0 Å². The van der Waals surface area contributed by atoms with Gasteiger partial charge in [-0.05, 0) is 47.5 Å². The molecule has 0 aliphatic heterocycles. The van der Waals surface area contributed by atoms with Gasteiger partial charge in [-0.3, -0.25) is 4.79 Å². The number of carbonyl (C=O) groups is 1. The van der Waals surface area contributed by atoms with Gasteiger partial charge in [-0.25, -0.2) is 0 Å². The van der Waals surface area contributed by atoms with Crippen LogP contribution < -0.4 is 10.1 Å². The molecule has 1 N–H and O–H groups in total. The van der Waals surface area contributed by atoms with Gasteiger partial charge in [0.25, 0.3) is 5.91 Å². The van der Waals surface area contributed by atoms with E-state index < -0.39 is 0 Å². The van der Waals surface area contributed by atoms with E-state index in [2.05, 4.69) is 21.2 Å². The first-order valence-electron chi connectivity index (χ1n) is 7.78. The van der Waals surface area contributed by atoms with Gasteiger partial charge in [-0.2, -0.15) is 0 Å². The average molecular weight is 384 g/mol. The zero-order chi connectivity index (χ0) is 16.9. The smallest absolute Gasteiger partial charge is 0.258 e. The lowest BCUT2D eigenvalue weighted by molar-refractivity contribution is -0.123. The Bertz CT molecular complexity index is 849. The molecule has 3 rings (SSSR count). The second-order valence-electron chi connectivity index (χ2n) is 5.64. The molecule has 3 aromatic carbocycles. The van der Waals surface area contributed by atoms with Crippen LogP contribution in [0, 0.1) is 0 Å². The van der Waals surface area contributed by atoms with Crippen molar-refractivity contribution in [2.45, 2.75) is 13.0 Å². The van der Waals surface area contributed by atoms with Gasteiger partial charge in [0.1, 0.15) is 5.75 Å². The third-order valence-electron chi connectivity index (χ3n) is 3.82. The maximum absolute atomic E-state index is 12.1. The molecule has 0 saturated heterocycles. The number of halogens is 1. The lowest BCUT2D eigenvalue weighted by atomic mass is 10.1. The van der Waals surface area contributed by atoms with Crippen LogP contribution in [-0.4, -0.2) is 12.5 Å². The van der Waals surface area contributed by atoms with E-state index in [4.69, 9.17) is 4.74 Å².